The highest BCUT2D eigenvalue weighted by molar-refractivity contribution is 5.79. The van der Waals surface area contributed by atoms with Crippen LogP contribution in [0.25, 0.3) is 0 Å². The third-order valence-electron chi connectivity index (χ3n) is 2.10. The second-order valence-electron chi connectivity index (χ2n) is 3.83. The summed E-state index contributed by atoms with van der Waals surface area (Å²) >= 11 is 0. The first-order valence-corrected chi connectivity index (χ1v) is 4.99. The van der Waals surface area contributed by atoms with Crippen molar-refractivity contribution in [3.63, 3.8) is 0 Å². The lowest BCUT2D eigenvalue weighted by molar-refractivity contribution is -0.147. The molecule has 3 heteroatoms. The van der Waals surface area contributed by atoms with Crippen molar-refractivity contribution in [2.75, 3.05) is 13.7 Å². The normalized spacial score (nSPS) is 11.1. The minimum Gasteiger partial charge on any atom is -0.468 e. The van der Waals surface area contributed by atoms with Crippen molar-refractivity contribution in [2.45, 2.75) is 38.6 Å². The number of methoxy groups -OCH3 is 1. The molecule has 0 heterocycles. The van der Waals surface area contributed by atoms with Gasteiger partial charge in [-0.1, -0.05) is 6.08 Å². The molecule has 1 N–H and O–H groups in total. The fourth-order valence-corrected chi connectivity index (χ4v) is 1.14. The Kier molecular flexibility index (Phi) is 6.21. The molecule has 0 fully saturated rings. The van der Waals surface area contributed by atoms with Crippen molar-refractivity contribution in [2.24, 2.45) is 0 Å². The van der Waals surface area contributed by atoms with Crippen LogP contribution in [0.4, 0.5) is 0 Å². The van der Waals surface area contributed by atoms with Gasteiger partial charge in [-0.25, -0.2) is 0 Å². The summed E-state index contributed by atoms with van der Waals surface area (Å²) in [5.41, 5.74) is -0.580. The highest BCUT2D eigenvalue weighted by Gasteiger charge is 2.27. The molecular weight excluding hydrogens is 178 g/mol. The summed E-state index contributed by atoms with van der Waals surface area (Å²) in [5, 5.41) is 3.16. The molecule has 0 aliphatic heterocycles. The van der Waals surface area contributed by atoms with Crippen molar-refractivity contribution in [1.82, 2.24) is 5.32 Å². The Hall–Kier alpha value is -0.830. The number of allylic oxidation sites excluding steroid dienone is 1. The van der Waals surface area contributed by atoms with Gasteiger partial charge in [0.2, 0.25) is 0 Å². The Morgan fingerprint density at radius 1 is 1.50 bits per heavy atom. The maximum Gasteiger partial charge on any atom is 0.325 e. The van der Waals surface area contributed by atoms with E-state index in [0.29, 0.717) is 0 Å². The maximum absolute atomic E-state index is 11.3. The smallest absolute Gasteiger partial charge is 0.325 e. The van der Waals surface area contributed by atoms with Gasteiger partial charge in [0.25, 0.3) is 0 Å². The molecule has 0 aromatic heterocycles. The lowest BCUT2D eigenvalue weighted by Crippen LogP contribution is -2.47. The summed E-state index contributed by atoms with van der Waals surface area (Å²) in [7, 11) is 1.41. The molecule has 0 aliphatic rings. The summed E-state index contributed by atoms with van der Waals surface area (Å²) in [6.07, 6.45) is 5.09. The fourth-order valence-electron chi connectivity index (χ4n) is 1.14. The molecule has 0 aromatic carbocycles. The molecule has 0 amide bonds. The van der Waals surface area contributed by atoms with Crippen molar-refractivity contribution in [1.29, 1.82) is 0 Å². The van der Waals surface area contributed by atoms with Crippen LogP contribution in [0.15, 0.2) is 12.7 Å². The SMILES string of the molecule is C=CCCCCNC(C)(C)C(=O)OC. The number of nitrogens with one attached hydrogen (secondary N) is 1. The van der Waals surface area contributed by atoms with Crippen molar-refractivity contribution in [3.8, 4) is 0 Å². The lowest BCUT2D eigenvalue weighted by Gasteiger charge is -2.22. The Labute approximate surface area is 86.5 Å². The molecule has 0 rings (SSSR count). The van der Waals surface area contributed by atoms with Crippen molar-refractivity contribution in [3.05, 3.63) is 12.7 Å². The second kappa shape index (κ2) is 6.60. The molecule has 0 unspecified atom stereocenters. The van der Waals surface area contributed by atoms with Crippen LogP contribution in [0.5, 0.6) is 0 Å². The van der Waals surface area contributed by atoms with Crippen LogP contribution >= 0.6 is 0 Å². The highest BCUT2D eigenvalue weighted by Crippen LogP contribution is 2.05. The van der Waals surface area contributed by atoms with Crippen LogP contribution in [0, 0.1) is 0 Å². The third-order valence-corrected chi connectivity index (χ3v) is 2.10. The number of esters is 1. The zero-order valence-electron chi connectivity index (χ0n) is 9.43. The maximum atomic E-state index is 11.3. The molecule has 0 spiro atoms. The Bertz CT molecular complexity index is 188. The number of rotatable bonds is 7. The van der Waals surface area contributed by atoms with E-state index in [-0.39, 0.29) is 5.97 Å². The second-order valence-corrected chi connectivity index (χ2v) is 3.83. The van der Waals surface area contributed by atoms with Gasteiger partial charge in [0, 0.05) is 0 Å². The average Bonchev–Trinajstić information content (AvgIpc) is 2.16. The molecule has 0 bridgehead atoms. The van der Waals surface area contributed by atoms with E-state index < -0.39 is 5.54 Å². The predicted octanol–water partition coefficient (Wildman–Crippen LogP) is 1.88. The number of carbonyl (C=O) groups excluding carboxylic acids is 1. The number of unbranched alkanes of at least 4 members (excludes halogenated alkanes) is 2. The van der Waals surface area contributed by atoms with Gasteiger partial charge in [0.1, 0.15) is 5.54 Å². The van der Waals surface area contributed by atoms with E-state index in [0.717, 1.165) is 25.8 Å². The number of hydrogen-bond acceptors (Lipinski definition) is 3. The molecule has 0 saturated heterocycles. The first kappa shape index (κ1) is 13.2. The standard InChI is InChI=1S/C11H21NO2/c1-5-6-7-8-9-12-11(2,3)10(13)14-4/h5,12H,1,6-9H2,2-4H3. The molecular formula is C11H21NO2. The van der Waals surface area contributed by atoms with Gasteiger partial charge in [-0.2, -0.15) is 0 Å². The van der Waals surface area contributed by atoms with Gasteiger partial charge in [-0.05, 0) is 39.7 Å². The summed E-state index contributed by atoms with van der Waals surface area (Å²) in [6.45, 7) is 8.13. The van der Waals surface area contributed by atoms with Crippen LogP contribution in [0.1, 0.15) is 33.1 Å². The van der Waals surface area contributed by atoms with Gasteiger partial charge < -0.3 is 10.1 Å². The summed E-state index contributed by atoms with van der Waals surface area (Å²) in [4.78, 5) is 11.3. The van der Waals surface area contributed by atoms with Crippen molar-refractivity contribution < 1.29 is 9.53 Å². The van der Waals surface area contributed by atoms with E-state index in [1.165, 1.54) is 7.11 Å². The van der Waals surface area contributed by atoms with Gasteiger partial charge >= 0.3 is 5.97 Å². The largest absolute Gasteiger partial charge is 0.468 e. The monoisotopic (exact) mass is 199 g/mol. The van der Waals surface area contributed by atoms with E-state index in [4.69, 9.17) is 0 Å². The van der Waals surface area contributed by atoms with E-state index >= 15 is 0 Å². The average molecular weight is 199 g/mol. The first-order valence-electron chi connectivity index (χ1n) is 4.99. The Morgan fingerprint density at radius 3 is 2.64 bits per heavy atom. The van der Waals surface area contributed by atoms with E-state index in [1.807, 2.05) is 19.9 Å². The van der Waals surface area contributed by atoms with Crippen LogP contribution < -0.4 is 5.32 Å². The van der Waals surface area contributed by atoms with Gasteiger partial charge in [0.05, 0.1) is 7.11 Å². The third kappa shape index (κ3) is 5.02. The van der Waals surface area contributed by atoms with Gasteiger partial charge in [-0.3, -0.25) is 4.79 Å². The molecule has 14 heavy (non-hydrogen) atoms. The highest BCUT2D eigenvalue weighted by atomic mass is 16.5. The molecule has 82 valence electrons. The summed E-state index contributed by atoms with van der Waals surface area (Å²) in [5.74, 6) is -0.221. The molecule has 0 aliphatic carbocycles. The minimum atomic E-state index is -0.580. The Balaban J connectivity index is 3.65. The topological polar surface area (TPSA) is 38.3 Å². The van der Waals surface area contributed by atoms with Crippen molar-refractivity contribution >= 4 is 5.97 Å². The number of carbonyl (C=O) groups is 1. The van der Waals surface area contributed by atoms with Crippen LogP contribution in [0.2, 0.25) is 0 Å². The Morgan fingerprint density at radius 2 is 2.14 bits per heavy atom. The molecule has 0 atom stereocenters. The minimum absolute atomic E-state index is 0.221. The molecule has 3 nitrogen and oxygen atoms in total. The van der Waals surface area contributed by atoms with Crippen LogP contribution in [-0.4, -0.2) is 25.2 Å². The van der Waals surface area contributed by atoms with E-state index in [2.05, 4.69) is 16.6 Å². The molecule has 0 saturated carbocycles. The summed E-state index contributed by atoms with van der Waals surface area (Å²) < 4.78 is 4.68. The number of hydrogen-bond donors (Lipinski definition) is 1. The van der Waals surface area contributed by atoms with Crippen LogP contribution in [0.3, 0.4) is 0 Å². The van der Waals surface area contributed by atoms with E-state index in [1.54, 1.807) is 0 Å². The van der Waals surface area contributed by atoms with Crippen LogP contribution in [-0.2, 0) is 9.53 Å². The zero-order valence-corrected chi connectivity index (χ0v) is 9.43. The van der Waals surface area contributed by atoms with Gasteiger partial charge in [0.15, 0.2) is 0 Å². The first-order chi connectivity index (χ1) is 6.54. The number of ether oxygens (including phenoxy) is 1. The molecule has 0 aromatic rings. The predicted molar refractivity (Wildman–Crippen MR) is 58.1 cm³/mol. The zero-order chi connectivity index (χ0) is 11.0. The van der Waals surface area contributed by atoms with Gasteiger partial charge in [-0.15, -0.1) is 6.58 Å². The summed E-state index contributed by atoms with van der Waals surface area (Å²) in [6, 6.07) is 0. The van der Waals surface area contributed by atoms with E-state index in [9.17, 15) is 4.79 Å². The quantitative estimate of drug-likeness (QED) is 0.386. The lowest BCUT2D eigenvalue weighted by atomic mass is 10.1. The fraction of sp³-hybridized carbons (Fsp3) is 0.727. The molecule has 0 radical (unpaired) electrons.